The number of rotatable bonds is 7. The van der Waals surface area contributed by atoms with Gasteiger partial charge in [0.05, 0.1) is 18.3 Å². The molecule has 0 aromatic carbocycles. The van der Waals surface area contributed by atoms with Gasteiger partial charge in [0.2, 0.25) is 0 Å². The van der Waals surface area contributed by atoms with Crippen molar-refractivity contribution in [3.05, 3.63) is 0 Å². The molecule has 2 aliphatic rings. The minimum atomic E-state index is 0.185. The van der Waals surface area contributed by atoms with Crippen LogP contribution in [0, 0.1) is 5.92 Å². The molecule has 2 heterocycles. The molecular formula is C18H35NO3. The first-order chi connectivity index (χ1) is 10.6. The maximum atomic E-state index is 9.21. The van der Waals surface area contributed by atoms with Crippen LogP contribution in [0.15, 0.2) is 0 Å². The van der Waals surface area contributed by atoms with Crippen molar-refractivity contribution in [3.63, 3.8) is 0 Å². The summed E-state index contributed by atoms with van der Waals surface area (Å²) in [5, 5.41) is 9.21. The van der Waals surface area contributed by atoms with Crippen LogP contribution in [0.1, 0.15) is 59.3 Å². The summed E-state index contributed by atoms with van der Waals surface area (Å²) < 4.78 is 12.1. The maximum absolute atomic E-state index is 9.21. The summed E-state index contributed by atoms with van der Waals surface area (Å²) in [5.74, 6) is 0.634. The molecule has 2 fully saturated rings. The molecule has 4 heteroatoms. The van der Waals surface area contributed by atoms with Gasteiger partial charge in [-0.15, -0.1) is 0 Å². The second-order valence-corrected chi connectivity index (χ2v) is 7.51. The minimum Gasteiger partial charge on any atom is -0.396 e. The molecule has 0 bridgehead atoms. The molecule has 0 aliphatic carbocycles. The first-order valence-electron chi connectivity index (χ1n) is 9.20. The molecule has 4 atom stereocenters. The summed E-state index contributed by atoms with van der Waals surface area (Å²) in [6, 6.07) is 0.546. The largest absolute Gasteiger partial charge is 0.396 e. The van der Waals surface area contributed by atoms with E-state index >= 15 is 0 Å². The number of ether oxygens (including phenoxy) is 2. The summed E-state index contributed by atoms with van der Waals surface area (Å²) in [4.78, 5) is 2.50. The highest BCUT2D eigenvalue weighted by Crippen LogP contribution is 2.26. The van der Waals surface area contributed by atoms with Crippen molar-refractivity contribution in [1.82, 2.24) is 4.90 Å². The fourth-order valence-electron chi connectivity index (χ4n) is 3.80. The van der Waals surface area contributed by atoms with E-state index in [0.29, 0.717) is 24.2 Å². The zero-order valence-corrected chi connectivity index (χ0v) is 14.7. The van der Waals surface area contributed by atoms with Crippen molar-refractivity contribution in [2.75, 3.05) is 26.3 Å². The molecule has 4 nitrogen and oxygen atoms in total. The topological polar surface area (TPSA) is 41.9 Å². The van der Waals surface area contributed by atoms with Gasteiger partial charge in [-0.1, -0.05) is 6.92 Å². The lowest BCUT2D eigenvalue weighted by Gasteiger charge is -2.41. The smallest absolute Gasteiger partial charge is 0.0728 e. The number of aliphatic hydroxyl groups excluding tert-OH is 1. The van der Waals surface area contributed by atoms with Crippen molar-refractivity contribution in [2.45, 2.75) is 83.6 Å². The third-order valence-electron chi connectivity index (χ3n) is 5.05. The van der Waals surface area contributed by atoms with Crippen LogP contribution in [0.5, 0.6) is 0 Å². The summed E-state index contributed by atoms with van der Waals surface area (Å²) in [6.07, 6.45) is 7.72. The second-order valence-electron chi connectivity index (χ2n) is 7.51. The summed E-state index contributed by atoms with van der Waals surface area (Å²) >= 11 is 0. The Morgan fingerprint density at radius 2 is 1.77 bits per heavy atom. The van der Waals surface area contributed by atoms with Crippen LogP contribution in [0.25, 0.3) is 0 Å². The number of aliphatic hydroxyl groups is 1. The Morgan fingerprint density at radius 3 is 2.41 bits per heavy atom. The highest BCUT2D eigenvalue weighted by Gasteiger charge is 2.30. The van der Waals surface area contributed by atoms with E-state index in [9.17, 15) is 5.11 Å². The van der Waals surface area contributed by atoms with Gasteiger partial charge < -0.3 is 14.6 Å². The molecular weight excluding hydrogens is 278 g/mol. The van der Waals surface area contributed by atoms with Gasteiger partial charge in [-0.05, 0) is 58.3 Å². The van der Waals surface area contributed by atoms with Crippen LogP contribution in [-0.2, 0) is 9.47 Å². The van der Waals surface area contributed by atoms with E-state index in [2.05, 4.69) is 25.7 Å². The van der Waals surface area contributed by atoms with Crippen molar-refractivity contribution in [3.8, 4) is 0 Å². The predicted molar refractivity (Wildman–Crippen MR) is 89.1 cm³/mol. The Morgan fingerprint density at radius 1 is 1.05 bits per heavy atom. The molecule has 4 unspecified atom stereocenters. The number of morpholine rings is 1. The van der Waals surface area contributed by atoms with Gasteiger partial charge in [0.15, 0.2) is 0 Å². The molecule has 130 valence electrons. The van der Waals surface area contributed by atoms with E-state index in [0.717, 1.165) is 39.0 Å². The monoisotopic (exact) mass is 313 g/mol. The van der Waals surface area contributed by atoms with Crippen molar-refractivity contribution in [1.29, 1.82) is 0 Å². The quantitative estimate of drug-likeness (QED) is 0.785. The van der Waals surface area contributed by atoms with Gasteiger partial charge in [0.1, 0.15) is 0 Å². The third kappa shape index (κ3) is 5.80. The number of hydrogen-bond donors (Lipinski definition) is 1. The van der Waals surface area contributed by atoms with Gasteiger partial charge in [0, 0.05) is 32.3 Å². The fraction of sp³-hybridized carbons (Fsp3) is 1.00. The van der Waals surface area contributed by atoms with Gasteiger partial charge in [0.25, 0.3) is 0 Å². The average Bonchev–Trinajstić information content (AvgIpc) is 2.48. The standard InChI is InChI=1S/C18H35NO3/c1-14(2)19-12-17(7-8-20)22-18(13-19)11-15(3)10-16-6-4-5-9-21-16/h14-18,20H,4-13H2,1-3H3. The maximum Gasteiger partial charge on any atom is 0.0728 e. The lowest BCUT2D eigenvalue weighted by atomic mass is 9.92. The van der Waals surface area contributed by atoms with Crippen LogP contribution < -0.4 is 0 Å². The third-order valence-corrected chi connectivity index (χ3v) is 5.05. The normalized spacial score (nSPS) is 32.3. The summed E-state index contributed by atoms with van der Waals surface area (Å²) in [5.41, 5.74) is 0. The van der Waals surface area contributed by atoms with Crippen molar-refractivity contribution >= 4 is 0 Å². The minimum absolute atomic E-state index is 0.185. The number of nitrogens with zero attached hydrogens (tertiary/aromatic N) is 1. The molecule has 0 saturated carbocycles. The molecule has 1 N–H and O–H groups in total. The molecule has 0 spiro atoms. The Balaban J connectivity index is 1.80. The second kappa shape index (κ2) is 9.21. The summed E-state index contributed by atoms with van der Waals surface area (Å²) in [7, 11) is 0. The van der Waals surface area contributed by atoms with E-state index in [1.807, 2.05) is 0 Å². The van der Waals surface area contributed by atoms with Gasteiger partial charge in [-0.3, -0.25) is 4.90 Å². The Kier molecular flexibility index (Phi) is 7.61. The molecule has 22 heavy (non-hydrogen) atoms. The zero-order valence-electron chi connectivity index (χ0n) is 14.7. The van der Waals surface area contributed by atoms with Crippen LogP contribution in [-0.4, -0.2) is 60.7 Å². The van der Waals surface area contributed by atoms with Crippen LogP contribution >= 0.6 is 0 Å². The highest BCUT2D eigenvalue weighted by atomic mass is 16.5. The molecule has 2 aliphatic heterocycles. The van der Waals surface area contributed by atoms with Gasteiger partial charge >= 0.3 is 0 Å². The molecule has 0 aromatic rings. The Labute approximate surface area is 136 Å². The van der Waals surface area contributed by atoms with Crippen molar-refractivity contribution in [2.24, 2.45) is 5.92 Å². The van der Waals surface area contributed by atoms with Gasteiger partial charge in [-0.25, -0.2) is 0 Å². The molecule has 0 aromatic heterocycles. The van der Waals surface area contributed by atoms with E-state index in [1.54, 1.807) is 0 Å². The highest BCUT2D eigenvalue weighted by molar-refractivity contribution is 4.81. The van der Waals surface area contributed by atoms with E-state index < -0.39 is 0 Å². The SMILES string of the molecule is CC(CC1CCCCO1)CC1CN(C(C)C)CC(CCO)O1. The van der Waals surface area contributed by atoms with Crippen LogP contribution in [0.3, 0.4) is 0 Å². The predicted octanol–water partition coefficient (Wildman–Crippen LogP) is 2.83. The Bertz CT molecular complexity index is 305. The molecule has 2 saturated heterocycles. The first-order valence-corrected chi connectivity index (χ1v) is 9.20. The van der Waals surface area contributed by atoms with E-state index in [1.165, 1.54) is 19.3 Å². The molecule has 2 rings (SSSR count). The average molecular weight is 313 g/mol. The van der Waals surface area contributed by atoms with E-state index in [-0.39, 0.29) is 12.7 Å². The first kappa shape index (κ1) is 18.2. The van der Waals surface area contributed by atoms with Crippen molar-refractivity contribution < 1.29 is 14.6 Å². The Hall–Kier alpha value is -0.160. The summed E-state index contributed by atoms with van der Waals surface area (Å²) in [6.45, 7) is 9.96. The molecule has 0 amide bonds. The number of hydrogen-bond acceptors (Lipinski definition) is 4. The fourth-order valence-corrected chi connectivity index (χ4v) is 3.80. The van der Waals surface area contributed by atoms with E-state index in [4.69, 9.17) is 9.47 Å². The lowest BCUT2D eigenvalue weighted by Crippen LogP contribution is -2.50. The van der Waals surface area contributed by atoms with Crippen LogP contribution in [0.2, 0.25) is 0 Å². The van der Waals surface area contributed by atoms with Crippen LogP contribution in [0.4, 0.5) is 0 Å². The molecule has 0 radical (unpaired) electrons. The zero-order chi connectivity index (χ0) is 15.9. The lowest BCUT2D eigenvalue weighted by molar-refractivity contribution is -0.108. The van der Waals surface area contributed by atoms with Gasteiger partial charge in [-0.2, -0.15) is 0 Å².